The first-order valence-electron chi connectivity index (χ1n) is 9.11. The van der Waals surface area contributed by atoms with Crippen molar-refractivity contribution in [3.05, 3.63) is 46.2 Å². The molecular formula is C19H24N4O2. The summed E-state index contributed by atoms with van der Waals surface area (Å²) >= 11 is 0. The second-order valence-electron chi connectivity index (χ2n) is 7.26. The number of pyridine rings is 1. The lowest BCUT2D eigenvalue weighted by Crippen LogP contribution is -2.27. The van der Waals surface area contributed by atoms with Crippen LogP contribution in [0.3, 0.4) is 0 Å². The standard InChI is InChI=1S/C19H24N4O2/c1-2-19(7-4-3-5-8-19)11-16-22-17(23-25-16)14-10-13-12-20-9-6-15(13)21-18(14)24/h2,10,20H,1,3-9,11-12H2,(H,21,24). The van der Waals surface area contributed by atoms with Gasteiger partial charge in [-0.3, -0.25) is 4.79 Å². The number of allylic oxidation sites excluding steroid dienone is 1. The van der Waals surface area contributed by atoms with Crippen molar-refractivity contribution < 1.29 is 4.52 Å². The van der Waals surface area contributed by atoms with E-state index in [0.717, 1.165) is 43.6 Å². The highest BCUT2D eigenvalue weighted by Gasteiger charge is 2.31. The Morgan fingerprint density at radius 2 is 2.16 bits per heavy atom. The molecule has 0 unspecified atom stereocenters. The lowest BCUT2D eigenvalue weighted by atomic mass is 9.72. The molecule has 2 aromatic rings. The van der Waals surface area contributed by atoms with Crippen molar-refractivity contribution in [2.75, 3.05) is 6.54 Å². The van der Waals surface area contributed by atoms with Crippen LogP contribution in [0, 0.1) is 5.41 Å². The van der Waals surface area contributed by atoms with Gasteiger partial charge in [0.2, 0.25) is 11.7 Å². The molecular weight excluding hydrogens is 316 g/mol. The van der Waals surface area contributed by atoms with E-state index in [1.807, 2.05) is 12.1 Å². The number of hydrogen-bond donors (Lipinski definition) is 2. The van der Waals surface area contributed by atoms with Gasteiger partial charge in [-0.15, -0.1) is 6.58 Å². The molecule has 0 spiro atoms. The van der Waals surface area contributed by atoms with Crippen LogP contribution in [0.4, 0.5) is 0 Å². The van der Waals surface area contributed by atoms with E-state index >= 15 is 0 Å². The molecule has 2 N–H and O–H groups in total. The molecule has 0 aromatic carbocycles. The van der Waals surface area contributed by atoms with Crippen molar-refractivity contribution in [1.29, 1.82) is 0 Å². The molecule has 4 rings (SSSR count). The van der Waals surface area contributed by atoms with E-state index in [1.54, 1.807) is 0 Å². The van der Waals surface area contributed by atoms with E-state index in [-0.39, 0.29) is 11.0 Å². The summed E-state index contributed by atoms with van der Waals surface area (Å²) in [6.45, 7) is 5.67. The van der Waals surface area contributed by atoms with Crippen molar-refractivity contribution >= 4 is 0 Å². The first-order valence-corrected chi connectivity index (χ1v) is 9.11. The number of aromatic amines is 1. The summed E-state index contributed by atoms with van der Waals surface area (Å²) in [5.41, 5.74) is 2.48. The van der Waals surface area contributed by atoms with Gasteiger partial charge in [0.05, 0.1) is 5.56 Å². The molecule has 25 heavy (non-hydrogen) atoms. The molecule has 132 valence electrons. The van der Waals surface area contributed by atoms with Crippen LogP contribution >= 0.6 is 0 Å². The Kier molecular flexibility index (Phi) is 4.29. The minimum atomic E-state index is -0.149. The molecule has 3 heterocycles. The van der Waals surface area contributed by atoms with Gasteiger partial charge in [-0.2, -0.15) is 4.98 Å². The van der Waals surface area contributed by atoms with Gasteiger partial charge in [0.15, 0.2) is 0 Å². The van der Waals surface area contributed by atoms with E-state index in [0.29, 0.717) is 23.7 Å². The van der Waals surface area contributed by atoms with Crippen molar-refractivity contribution in [3.8, 4) is 11.4 Å². The number of rotatable bonds is 4. The molecule has 6 heteroatoms. The summed E-state index contributed by atoms with van der Waals surface area (Å²) in [4.78, 5) is 19.9. The molecule has 0 saturated heterocycles. The minimum absolute atomic E-state index is 0.0498. The summed E-state index contributed by atoms with van der Waals surface area (Å²) in [6.07, 6.45) is 9.52. The topological polar surface area (TPSA) is 83.8 Å². The van der Waals surface area contributed by atoms with E-state index in [9.17, 15) is 4.79 Å². The number of aromatic nitrogens is 3. The van der Waals surface area contributed by atoms with E-state index < -0.39 is 0 Å². The second-order valence-corrected chi connectivity index (χ2v) is 7.26. The molecule has 1 saturated carbocycles. The zero-order chi connectivity index (χ0) is 17.3. The van der Waals surface area contributed by atoms with Gasteiger partial charge in [0.25, 0.3) is 5.56 Å². The second kappa shape index (κ2) is 6.59. The third-order valence-electron chi connectivity index (χ3n) is 5.58. The highest BCUT2D eigenvalue weighted by molar-refractivity contribution is 5.54. The SMILES string of the molecule is C=CC1(Cc2nc(-c3cc4c([nH]c3=O)CCNC4)no2)CCCCC1. The molecule has 0 amide bonds. The quantitative estimate of drug-likeness (QED) is 0.836. The summed E-state index contributed by atoms with van der Waals surface area (Å²) < 4.78 is 5.47. The van der Waals surface area contributed by atoms with Crippen LogP contribution in [-0.2, 0) is 19.4 Å². The Bertz CT molecular complexity index is 830. The van der Waals surface area contributed by atoms with Gasteiger partial charge in [-0.05, 0) is 29.9 Å². The maximum Gasteiger partial charge on any atom is 0.259 e. The first-order chi connectivity index (χ1) is 12.2. The molecule has 1 aliphatic heterocycles. The van der Waals surface area contributed by atoms with Crippen LogP contribution in [-0.4, -0.2) is 21.7 Å². The van der Waals surface area contributed by atoms with Crippen molar-refractivity contribution in [1.82, 2.24) is 20.4 Å². The third kappa shape index (κ3) is 3.18. The van der Waals surface area contributed by atoms with Crippen molar-refractivity contribution in [2.45, 2.75) is 51.5 Å². The zero-order valence-electron chi connectivity index (χ0n) is 14.4. The fourth-order valence-corrected chi connectivity index (χ4v) is 4.04. The molecule has 2 aliphatic rings. The monoisotopic (exact) mass is 340 g/mol. The maximum absolute atomic E-state index is 12.4. The van der Waals surface area contributed by atoms with Gasteiger partial charge in [-0.1, -0.05) is 30.5 Å². The number of nitrogens with zero attached hydrogens (tertiary/aromatic N) is 2. The fourth-order valence-electron chi connectivity index (χ4n) is 4.04. The average Bonchev–Trinajstić information content (AvgIpc) is 3.10. The minimum Gasteiger partial charge on any atom is -0.339 e. The lowest BCUT2D eigenvalue weighted by Gasteiger charge is -2.33. The predicted molar refractivity (Wildman–Crippen MR) is 95.2 cm³/mol. The largest absolute Gasteiger partial charge is 0.339 e. The number of nitrogens with one attached hydrogen (secondary N) is 2. The van der Waals surface area contributed by atoms with Gasteiger partial charge < -0.3 is 14.8 Å². The van der Waals surface area contributed by atoms with E-state index in [4.69, 9.17) is 4.52 Å². The molecule has 0 radical (unpaired) electrons. The summed E-state index contributed by atoms with van der Waals surface area (Å²) in [5, 5.41) is 7.38. The fraction of sp³-hybridized carbons (Fsp3) is 0.526. The zero-order valence-corrected chi connectivity index (χ0v) is 14.4. The highest BCUT2D eigenvalue weighted by atomic mass is 16.5. The smallest absolute Gasteiger partial charge is 0.259 e. The van der Waals surface area contributed by atoms with Crippen LogP contribution in [0.5, 0.6) is 0 Å². The van der Waals surface area contributed by atoms with Crippen molar-refractivity contribution in [3.63, 3.8) is 0 Å². The van der Waals surface area contributed by atoms with Crippen LogP contribution in [0.15, 0.2) is 28.0 Å². The Hall–Kier alpha value is -2.21. The number of H-pyrrole nitrogens is 1. The summed E-state index contributed by atoms with van der Waals surface area (Å²) in [5.74, 6) is 0.965. The van der Waals surface area contributed by atoms with Gasteiger partial charge in [-0.25, -0.2) is 0 Å². The van der Waals surface area contributed by atoms with Gasteiger partial charge in [0, 0.05) is 31.6 Å². The molecule has 1 aliphatic carbocycles. The Balaban J connectivity index is 1.61. The predicted octanol–water partition coefficient (Wildman–Crippen LogP) is 2.75. The molecule has 0 bridgehead atoms. The van der Waals surface area contributed by atoms with E-state index in [2.05, 4.69) is 27.0 Å². The summed E-state index contributed by atoms with van der Waals surface area (Å²) in [6, 6.07) is 1.89. The Labute approximate surface area is 146 Å². The highest BCUT2D eigenvalue weighted by Crippen LogP contribution is 2.40. The summed E-state index contributed by atoms with van der Waals surface area (Å²) in [7, 11) is 0. The number of hydrogen-bond acceptors (Lipinski definition) is 5. The van der Waals surface area contributed by atoms with E-state index in [1.165, 1.54) is 19.3 Å². The van der Waals surface area contributed by atoms with Gasteiger partial charge >= 0.3 is 0 Å². The van der Waals surface area contributed by atoms with Gasteiger partial charge in [0.1, 0.15) is 0 Å². The van der Waals surface area contributed by atoms with Crippen LogP contribution in [0.25, 0.3) is 11.4 Å². The Morgan fingerprint density at radius 1 is 1.32 bits per heavy atom. The average molecular weight is 340 g/mol. The first kappa shape index (κ1) is 16.3. The molecule has 1 fully saturated rings. The lowest BCUT2D eigenvalue weighted by molar-refractivity contribution is 0.228. The van der Waals surface area contributed by atoms with Crippen LogP contribution < -0.4 is 10.9 Å². The van der Waals surface area contributed by atoms with Crippen LogP contribution in [0.2, 0.25) is 0 Å². The molecule has 0 atom stereocenters. The van der Waals surface area contributed by atoms with Crippen molar-refractivity contribution in [2.24, 2.45) is 5.41 Å². The molecule has 6 nitrogen and oxygen atoms in total. The van der Waals surface area contributed by atoms with Crippen LogP contribution in [0.1, 0.15) is 49.3 Å². The third-order valence-corrected chi connectivity index (χ3v) is 5.58. The number of fused-ring (bicyclic) bond motifs is 1. The normalized spacial score (nSPS) is 19.4. The Morgan fingerprint density at radius 3 is 2.96 bits per heavy atom. The molecule has 2 aromatic heterocycles. The maximum atomic E-state index is 12.4.